The number of aromatic nitrogens is 1. The van der Waals surface area contributed by atoms with Crippen LogP contribution in [0.15, 0.2) is 41.6 Å². The number of methoxy groups -OCH3 is 3. The molecule has 0 aliphatic carbocycles. The van der Waals surface area contributed by atoms with Gasteiger partial charge in [-0.25, -0.2) is 4.98 Å². The van der Waals surface area contributed by atoms with Crippen molar-refractivity contribution in [2.45, 2.75) is 0 Å². The summed E-state index contributed by atoms with van der Waals surface area (Å²) in [5.74, 6) is 2.35. The number of anilines is 1. The molecule has 1 heterocycles. The van der Waals surface area contributed by atoms with Gasteiger partial charge in [0.25, 0.3) is 0 Å². The van der Waals surface area contributed by atoms with Crippen molar-refractivity contribution in [3.8, 4) is 17.2 Å². The topological polar surface area (TPSA) is 65.0 Å². The standard InChI is InChI=1S/C15H17N3O3/c1-19-12-8-7-11(14(20-2)15(12)21-3)10-17-18-13-6-4-5-9-16-13/h4-10H,1-3H3,(H,16,18)/b17-10+. The molecular formula is C15H17N3O3. The fraction of sp³-hybridized carbons (Fsp3) is 0.200. The van der Waals surface area contributed by atoms with E-state index in [9.17, 15) is 0 Å². The predicted molar refractivity (Wildman–Crippen MR) is 81.6 cm³/mol. The molecule has 2 aromatic rings. The molecular weight excluding hydrogens is 270 g/mol. The van der Waals surface area contributed by atoms with Crippen LogP contribution in [0.25, 0.3) is 0 Å². The van der Waals surface area contributed by atoms with Gasteiger partial charge in [0, 0.05) is 11.8 Å². The van der Waals surface area contributed by atoms with E-state index < -0.39 is 0 Å². The zero-order chi connectivity index (χ0) is 15.1. The smallest absolute Gasteiger partial charge is 0.203 e. The quantitative estimate of drug-likeness (QED) is 0.653. The van der Waals surface area contributed by atoms with Crippen molar-refractivity contribution in [3.05, 3.63) is 42.1 Å². The second-order valence-corrected chi connectivity index (χ2v) is 4.01. The Morgan fingerprint density at radius 2 is 1.81 bits per heavy atom. The second kappa shape index (κ2) is 7.14. The second-order valence-electron chi connectivity index (χ2n) is 4.01. The van der Waals surface area contributed by atoms with Crippen molar-refractivity contribution in [2.24, 2.45) is 5.10 Å². The van der Waals surface area contributed by atoms with Gasteiger partial charge in [-0.3, -0.25) is 5.43 Å². The molecule has 21 heavy (non-hydrogen) atoms. The molecule has 110 valence electrons. The maximum absolute atomic E-state index is 5.37. The zero-order valence-corrected chi connectivity index (χ0v) is 12.2. The monoisotopic (exact) mass is 287 g/mol. The number of nitrogens with one attached hydrogen (secondary N) is 1. The number of pyridine rings is 1. The van der Waals surface area contributed by atoms with Crippen molar-refractivity contribution in [1.29, 1.82) is 0 Å². The first-order valence-corrected chi connectivity index (χ1v) is 6.29. The third-order valence-electron chi connectivity index (χ3n) is 2.78. The normalized spacial score (nSPS) is 10.4. The van der Waals surface area contributed by atoms with Gasteiger partial charge in [0.2, 0.25) is 5.75 Å². The number of benzene rings is 1. The van der Waals surface area contributed by atoms with Crippen LogP contribution in [0, 0.1) is 0 Å². The minimum atomic E-state index is 0.529. The van der Waals surface area contributed by atoms with Crippen LogP contribution in [-0.2, 0) is 0 Å². The lowest BCUT2D eigenvalue weighted by Gasteiger charge is -2.13. The van der Waals surface area contributed by atoms with Gasteiger partial charge in [0.1, 0.15) is 5.82 Å². The third-order valence-corrected chi connectivity index (χ3v) is 2.78. The fourth-order valence-electron chi connectivity index (χ4n) is 1.82. The predicted octanol–water partition coefficient (Wildman–Crippen LogP) is 2.55. The van der Waals surface area contributed by atoms with Crippen LogP contribution in [0.5, 0.6) is 17.2 Å². The van der Waals surface area contributed by atoms with Crippen LogP contribution in [0.2, 0.25) is 0 Å². The molecule has 0 atom stereocenters. The van der Waals surface area contributed by atoms with Crippen LogP contribution < -0.4 is 19.6 Å². The van der Waals surface area contributed by atoms with Gasteiger partial charge < -0.3 is 14.2 Å². The Bertz CT molecular complexity index is 615. The maximum Gasteiger partial charge on any atom is 0.203 e. The first-order chi connectivity index (χ1) is 10.3. The van der Waals surface area contributed by atoms with Crippen molar-refractivity contribution >= 4 is 12.0 Å². The van der Waals surface area contributed by atoms with Crippen LogP contribution >= 0.6 is 0 Å². The van der Waals surface area contributed by atoms with Gasteiger partial charge >= 0.3 is 0 Å². The Kier molecular flexibility index (Phi) is 4.98. The average Bonchev–Trinajstić information content (AvgIpc) is 2.55. The van der Waals surface area contributed by atoms with E-state index in [2.05, 4.69) is 15.5 Å². The molecule has 0 saturated carbocycles. The van der Waals surface area contributed by atoms with Gasteiger partial charge in [-0.1, -0.05) is 6.07 Å². The molecule has 1 N–H and O–H groups in total. The number of hydrogen-bond acceptors (Lipinski definition) is 6. The van der Waals surface area contributed by atoms with Crippen LogP contribution in [-0.4, -0.2) is 32.5 Å². The highest BCUT2D eigenvalue weighted by Gasteiger charge is 2.14. The number of hydrazone groups is 1. The Labute approximate surface area is 123 Å². The maximum atomic E-state index is 5.37. The summed E-state index contributed by atoms with van der Waals surface area (Å²) >= 11 is 0. The molecule has 6 nitrogen and oxygen atoms in total. The SMILES string of the molecule is COc1ccc(/C=N/Nc2ccccn2)c(OC)c1OC. The summed E-state index contributed by atoms with van der Waals surface area (Å²) in [5.41, 5.74) is 3.60. The molecule has 0 radical (unpaired) electrons. The highest BCUT2D eigenvalue weighted by molar-refractivity contribution is 5.86. The van der Waals surface area contributed by atoms with Crippen LogP contribution in [0.3, 0.4) is 0 Å². The Morgan fingerprint density at radius 3 is 2.43 bits per heavy atom. The highest BCUT2D eigenvalue weighted by atomic mass is 16.5. The van der Waals surface area contributed by atoms with Gasteiger partial charge in [0.05, 0.1) is 27.5 Å². The Morgan fingerprint density at radius 1 is 1.00 bits per heavy atom. The summed E-state index contributed by atoms with van der Waals surface area (Å²) in [6.45, 7) is 0. The summed E-state index contributed by atoms with van der Waals surface area (Å²) in [5, 5.41) is 4.14. The molecule has 2 rings (SSSR count). The lowest BCUT2D eigenvalue weighted by atomic mass is 10.2. The molecule has 1 aromatic heterocycles. The molecule has 0 aliphatic rings. The lowest BCUT2D eigenvalue weighted by molar-refractivity contribution is 0.324. The van der Waals surface area contributed by atoms with E-state index in [1.165, 1.54) is 0 Å². The lowest BCUT2D eigenvalue weighted by Crippen LogP contribution is -1.99. The largest absolute Gasteiger partial charge is 0.493 e. The van der Waals surface area contributed by atoms with E-state index in [0.717, 1.165) is 5.56 Å². The molecule has 0 saturated heterocycles. The molecule has 0 unspecified atom stereocenters. The van der Waals surface area contributed by atoms with E-state index in [-0.39, 0.29) is 0 Å². The highest BCUT2D eigenvalue weighted by Crippen LogP contribution is 2.38. The van der Waals surface area contributed by atoms with E-state index >= 15 is 0 Å². The van der Waals surface area contributed by atoms with Crippen molar-refractivity contribution < 1.29 is 14.2 Å². The first kappa shape index (κ1) is 14.6. The molecule has 0 fully saturated rings. The van der Waals surface area contributed by atoms with Gasteiger partial charge in [-0.15, -0.1) is 0 Å². The summed E-state index contributed by atoms with van der Waals surface area (Å²) in [7, 11) is 4.71. The Balaban J connectivity index is 2.23. The van der Waals surface area contributed by atoms with E-state index in [1.807, 2.05) is 24.3 Å². The summed E-state index contributed by atoms with van der Waals surface area (Å²) in [6.07, 6.45) is 3.32. The van der Waals surface area contributed by atoms with Crippen LogP contribution in [0.1, 0.15) is 5.56 Å². The minimum absolute atomic E-state index is 0.529. The zero-order valence-electron chi connectivity index (χ0n) is 12.2. The summed E-state index contributed by atoms with van der Waals surface area (Å²) in [6, 6.07) is 9.17. The fourth-order valence-corrected chi connectivity index (χ4v) is 1.82. The van der Waals surface area contributed by atoms with E-state index in [0.29, 0.717) is 23.1 Å². The molecule has 0 bridgehead atoms. The van der Waals surface area contributed by atoms with Crippen molar-refractivity contribution in [2.75, 3.05) is 26.8 Å². The minimum Gasteiger partial charge on any atom is -0.493 e. The molecule has 0 aliphatic heterocycles. The van der Waals surface area contributed by atoms with Crippen molar-refractivity contribution in [3.63, 3.8) is 0 Å². The van der Waals surface area contributed by atoms with Gasteiger partial charge in [0.15, 0.2) is 11.5 Å². The third kappa shape index (κ3) is 3.42. The van der Waals surface area contributed by atoms with Crippen molar-refractivity contribution in [1.82, 2.24) is 4.98 Å². The molecule has 6 heteroatoms. The number of rotatable bonds is 6. The number of nitrogens with zero attached hydrogens (tertiary/aromatic N) is 2. The summed E-state index contributed by atoms with van der Waals surface area (Å²) < 4.78 is 15.9. The average molecular weight is 287 g/mol. The van der Waals surface area contributed by atoms with Gasteiger partial charge in [-0.2, -0.15) is 5.10 Å². The van der Waals surface area contributed by atoms with Crippen LogP contribution in [0.4, 0.5) is 5.82 Å². The van der Waals surface area contributed by atoms with E-state index in [1.54, 1.807) is 39.8 Å². The molecule has 0 amide bonds. The number of hydrogen-bond donors (Lipinski definition) is 1. The molecule has 0 spiro atoms. The van der Waals surface area contributed by atoms with Gasteiger partial charge in [-0.05, 0) is 24.3 Å². The summed E-state index contributed by atoms with van der Waals surface area (Å²) in [4.78, 5) is 4.11. The molecule has 1 aromatic carbocycles. The van der Waals surface area contributed by atoms with E-state index in [4.69, 9.17) is 14.2 Å². The number of ether oxygens (including phenoxy) is 3. The first-order valence-electron chi connectivity index (χ1n) is 6.29. The Hall–Kier alpha value is -2.76.